The molecule has 2 aromatic carbocycles. The molecule has 12 heteroatoms. The lowest BCUT2D eigenvalue weighted by molar-refractivity contribution is 0.0919. The molecule has 0 spiro atoms. The van der Waals surface area contributed by atoms with Crippen LogP contribution in [0.4, 0.5) is 17.3 Å². The highest BCUT2D eigenvalue weighted by molar-refractivity contribution is 7.91. The van der Waals surface area contributed by atoms with Crippen LogP contribution in [-0.2, 0) is 9.84 Å². The van der Waals surface area contributed by atoms with E-state index >= 15 is 0 Å². The lowest BCUT2D eigenvalue weighted by atomic mass is 10.1. The predicted octanol–water partition coefficient (Wildman–Crippen LogP) is 5.51. The summed E-state index contributed by atoms with van der Waals surface area (Å²) in [5.74, 6) is 2.11. The van der Waals surface area contributed by atoms with Gasteiger partial charge in [-0.3, -0.25) is 9.69 Å². The number of benzene rings is 2. The van der Waals surface area contributed by atoms with Gasteiger partial charge in [0.25, 0.3) is 5.91 Å². The van der Waals surface area contributed by atoms with Gasteiger partial charge in [-0.25, -0.2) is 18.4 Å². The molecule has 1 atom stereocenters. The third-order valence-electron chi connectivity index (χ3n) is 7.24. The van der Waals surface area contributed by atoms with Crippen molar-refractivity contribution in [1.82, 2.24) is 20.2 Å². The fourth-order valence-electron chi connectivity index (χ4n) is 5.13. The summed E-state index contributed by atoms with van der Waals surface area (Å²) in [7, 11) is -3.05. The number of ether oxygens (including phenoxy) is 1. The molecule has 3 heterocycles. The van der Waals surface area contributed by atoms with E-state index in [0.717, 1.165) is 30.9 Å². The Bertz CT molecular complexity index is 1650. The SMILES string of the molecule is CC(C)(C)NC(=O)c1cccc(Oc2ccc(Nc3ncnc4c3C=C(CN3CCC(S(C)(=O)=O)C3)CCN4)cc2Cl)c1. The van der Waals surface area contributed by atoms with Crippen molar-refractivity contribution in [3.05, 3.63) is 70.5 Å². The van der Waals surface area contributed by atoms with Gasteiger partial charge in [0.15, 0.2) is 9.84 Å². The second-order valence-corrected chi connectivity index (χ2v) is 14.8. The fourth-order valence-corrected chi connectivity index (χ4v) is 6.37. The fraction of sp³-hybridized carbons (Fsp3) is 0.387. The van der Waals surface area contributed by atoms with Crippen molar-refractivity contribution in [3.63, 3.8) is 0 Å². The number of aromatic nitrogens is 2. The third-order valence-corrected chi connectivity index (χ3v) is 9.13. The van der Waals surface area contributed by atoms with Crippen molar-refractivity contribution in [3.8, 4) is 11.5 Å². The summed E-state index contributed by atoms with van der Waals surface area (Å²) in [5.41, 5.74) is 2.86. The molecule has 3 aromatic rings. The normalized spacial score (nSPS) is 17.3. The van der Waals surface area contributed by atoms with E-state index in [1.165, 1.54) is 18.2 Å². The molecule has 1 amide bonds. The summed E-state index contributed by atoms with van der Waals surface area (Å²) < 4.78 is 30.1. The van der Waals surface area contributed by atoms with Crippen molar-refractivity contribution >= 4 is 50.7 Å². The molecule has 3 N–H and O–H groups in total. The van der Waals surface area contributed by atoms with Gasteiger partial charge in [-0.15, -0.1) is 0 Å². The third kappa shape index (κ3) is 8.04. The molecule has 0 saturated carbocycles. The van der Waals surface area contributed by atoms with Crippen LogP contribution in [0.25, 0.3) is 6.08 Å². The van der Waals surface area contributed by atoms with E-state index in [0.29, 0.717) is 53.1 Å². The number of nitrogens with zero attached hydrogens (tertiary/aromatic N) is 3. The van der Waals surface area contributed by atoms with Gasteiger partial charge in [-0.1, -0.05) is 23.2 Å². The zero-order valence-electron chi connectivity index (χ0n) is 24.8. The maximum atomic E-state index is 12.6. The molecule has 1 aromatic heterocycles. The molecule has 1 unspecified atom stereocenters. The summed E-state index contributed by atoms with van der Waals surface area (Å²) in [5, 5.41) is 9.77. The quantitative estimate of drug-likeness (QED) is 0.297. The Balaban J connectivity index is 1.30. The first-order chi connectivity index (χ1) is 20.3. The first-order valence-corrected chi connectivity index (χ1v) is 16.5. The molecule has 2 aliphatic rings. The summed E-state index contributed by atoms with van der Waals surface area (Å²) in [4.78, 5) is 23.7. The standard InChI is InChI=1S/C31H37ClN6O4S/c1-31(2,3)37-30(39)21-6-5-7-23(15-21)42-27-9-8-22(16-26(27)32)36-29-25-14-20(10-12-33-28(25)34-19-35-29)17-38-13-11-24(18-38)43(4,40)41/h5-9,14-16,19,24H,10-13,17-18H2,1-4H3,(H,37,39)(H2,33,34,35,36). The largest absolute Gasteiger partial charge is 0.456 e. The van der Waals surface area contributed by atoms with Crippen LogP contribution in [0, 0.1) is 0 Å². The molecule has 1 saturated heterocycles. The highest BCUT2D eigenvalue weighted by atomic mass is 35.5. The number of nitrogens with one attached hydrogen (secondary N) is 3. The van der Waals surface area contributed by atoms with E-state index in [4.69, 9.17) is 16.3 Å². The number of carbonyl (C=O) groups excluding carboxylic acids is 1. The number of carbonyl (C=O) groups is 1. The van der Waals surface area contributed by atoms with Crippen molar-refractivity contribution in [2.45, 2.75) is 44.4 Å². The maximum Gasteiger partial charge on any atom is 0.251 e. The van der Waals surface area contributed by atoms with Crippen LogP contribution in [0.3, 0.4) is 0 Å². The zero-order chi connectivity index (χ0) is 30.8. The van der Waals surface area contributed by atoms with Gasteiger partial charge in [-0.2, -0.15) is 0 Å². The Morgan fingerprint density at radius 1 is 1.19 bits per heavy atom. The molecular weight excluding hydrogens is 588 g/mol. The van der Waals surface area contributed by atoms with Crippen molar-refractivity contribution in [2.24, 2.45) is 0 Å². The minimum atomic E-state index is -3.05. The lowest BCUT2D eigenvalue weighted by Gasteiger charge is -2.20. The highest BCUT2D eigenvalue weighted by Crippen LogP contribution is 2.35. The lowest BCUT2D eigenvalue weighted by Crippen LogP contribution is -2.40. The predicted molar refractivity (Wildman–Crippen MR) is 171 cm³/mol. The second kappa shape index (κ2) is 12.5. The van der Waals surface area contributed by atoms with Crippen LogP contribution < -0.4 is 20.7 Å². The molecule has 228 valence electrons. The first kappa shape index (κ1) is 30.8. The minimum Gasteiger partial charge on any atom is -0.456 e. The van der Waals surface area contributed by atoms with Gasteiger partial charge in [0.05, 0.1) is 15.8 Å². The number of halogens is 1. The van der Waals surface area contributed by atoms with E-state index < -0.39 is 9.84 Å². The summed E-state index contributed by atoms with van der Waals surface area (Å²) in [6.07, 6.45) is 6.39. The number of hydrogen-bond donors (Lipinski definition) is 3. The van der Waals surface area contributed by atoms with E-state index in [2.05, 4.69) is 36.9 Å². The van der Waals surface area contributed by atoms with Crippen molar-refractivity contribution in [2.75, 3.05) is 43.1 Å². The molecule has 0 bridgehead atoms. The molecule has 0 radical (unpaired) electrons. The van der Waals surface area contributed by atoms with Crippen LogP contribution in [0.2, 0.25) is 5.02 Å². The van der Waals surface area contributed by atoms with Gasteiger partial charge in [0.2, 0.25) is 0 Å². The summed E-state index contributed by atoms with van der Waals surface area (Å²) >= 11 is 6.62. The molecule has 1 fully saturated rings. The average molecular weight is 625 g/mol. The molecule has 2 aliphatic heterocycles. The Morgan fingerprint density at radius 3 is 2.72 bits per heavy atom. The second-order valence-electron chi connectivity index (χ2n) is 12.0. The Kier molecular flexibility index (Phi) is 8.96. The van der Waals surface area contributed by atoms with Gasteiger partial charge >= 0.3 is 0 Å². The maximum absolute atomic E-state index is 12.6. The summed E-state index contributed by atoms with van der Waals surface area (Å²) in [6, 6.07) is 12.3. The van der Waals surface area contributed by atoms with Crippen LogP contribution >= 0.6 is 11.6 Å². The number of hydrogen-bond acceptors (Lipinski definition) is 9. The average Bonchev–Trinajstić information content (AvgIpc) is 3.30. The van der Waals surface area contributed by atoms with Crippen LogP contribution in [0.1, 0.15) is 49.5 Å². The molecular formula is C31H37ClN6O4S. The molecule has 43 heavy (non-hydrogen) atoms. The van der Waals surface area contributed by atoms with E-state index in [-0.39, 0.29) is 16.7 Å². The van der Waals surface area contributed by atoms with Crippen molar-refractivity contribution < 1.29 is 17.9 Å². The number of sulfone groups is 1. The van der Waals surface area contributed by atoms with Crippen LogP contribution in [-0.4, -0.2) is 72.4 Å². The number of anilines is 3. The van der Waals surface area contributed by atoms with Gasteiger partial charge in [0.1, 0.15) is 29.5 Å². The highest BCUT2D eigenvalue weighted by Gasteiger charge is 2.30. The number of rotatable bonds is 8. The van der Waals surface area contributed by atoms with E-state index in [1.807, 2.05) is 26.8 Å². The number of likely N-dealkylation sites (tertiary alicyclic amines) is 1. The smallest absolute Gasteiger partial charge is 0.251 e. The van der Waals surface area contributed by atoms with E-state index in [9.17, 15) is 13.2 Å². The first-order valence-electron chi connectivity index (χ1n) is 14.2. The zero-order valence-corrected chi connectivity index (χ0v) is 26.3. The number of fused-ring (bicyclic) bond motifs is 1. The monoisotopic (exact) mass is 624 g/mol. The Labute approximate surface area is 257 Å². The topological polar surface area (TPSA) is 126 Å². The van der Waals surface area contributed by atoms with Crippen molar-refractivity contribution in [1.29, 1.82) is 0 Å². The van der Waals surface area contributed by atoms with Gasteiger partial charge in [-0.05, 0) is 82.6 Å². The molecule has 0 aliphatic carbocycles. The summed E-state index contributed by atoms with van der Waals surface area (Å²) in [6.45, 7) is 8.50. The van der Waals surface area contributed by atoms with Gasteiger partial charge < -0.3 is 20.7 Å². The number of amides is 1. The Hall–Kier alpha value is -3.67. The van der Waals surface area contributed by atoms with E-state index in [1.54, 1.807) is 36.4 Å². The Morgan fingerprint density at radius 2 is 2.00 bits per heavy atom. The minimum absolute atomic E-state index is 0.183. The van der Waals surface area contributed by atoms with Crippen LogP contribution in [0.15, 0.2) is 54.4 Å². The van der Waals surface area contributed by atoms with Gasteiger partial charge in [0, 0.05) is 42.7 Å². The molecule has 10 nitrogen and oxygen atoms in total. The van der Waals surface area contributed by atoms with Crippen LogP contribution in [0.5, 0.6) is 11.5 Å². The molecule has 5 rings (SSSR count).